The normalized spacial score (nSPS) is 17.7. The highest BCUT2D eigenvalue weighted by Crippen LogP contribution is 2.49. The van der Waals surface area contributed by atoms with Gasteiger partial charge in [0.25, 0.3) is 0 Å². The monoisotopic (exact) mass is 266 g/mol. The zero-order chi connectivity index (χ0) is 14.0. The summed E-state index contributed by atoms with van der Waals surface area (Å²) in [4.78, 5) is 0. The molecule has 1 aliphatic carbocycles. The summed E-state index contributed by atoms with van der Waals surface area (Å²) in [6.07, 6.45) is 1.99. The third kappa shape index (κ3) is 2.48. The molecule has 5 heteroatoms. The second-order valence-electron chi connectivity index (χ2n) is 4.90. The van der Waals surface area contributed by atoms with E-state index in [9.17, 15) is 0 Å². The molecule has 0 aromatic heterocycles. The Hall–Kier alpha value is -1.46. The van der Waals surface area contributed by atoms with E-state index < -0.39 is 0 Å². The molecule has 106 valence electrons. The van der Waals surface area contributed by atoms with Crippen LogP contribution in [-0.4, -0.2) is 33.9 Å². The maximum absolute atomic E-state index is 6.35. The summed E-state index contributed by atoms with van der Waals surface area (Å²) >= 11 is 0. The number of nitrogens with two attached hydrogens (primary N) is 1. The van der Waals surface area contributed by atoms with Gasteiger partial charge in [-0.1, -0.05) is 0 Å². The molecule has 1 atom stereocenters. The van der Waals surface area contributed by atoms with Crippen molar-refractivity contribution >= 4 is 0 Å². The number of benzene rings is 1. The minimum Gasteiger partial charge on any atom is -0.496 e. The third-order valence-corrected chi connectivity index (χ3v) is 3.73. The lowest BCUT2D eigenvalue weighted by atomic mass is 9.95. The predicted octanol–water partition coefficient (Wildman–Crippen LogP) is 1.46. The van der Waals surface area contributed by atoms with Gasteiger partial charge in [-0.3, -0.25) is 0 Å². The summed E-state index contributed by atoms with van der Waals surface area (Å²) in [5, 5.41) is 3.28. The fourth-order valence-electron chi connectivity index (χ4n) is 2.47. The minimum atomic E-state index is -0.218. The van der Waals surface area contributed by atoms with Gasteiger partial charge in [0.2, 0.25) is 0 Å². The summed E-state index contributed by atoms with van der Waals surface area (Å²) in [5.41, 5.74) is 7.08. The van der Waals surface area contributed by atoms with Crippen LogP contribution in [0.25, 0.3) is 0 Å². The molecule has 0 amide bonds. The Labute approximate surface area is 114 Å². The van der Waals surface area contributed by atoms with E-state index in [1.54, 1.807) is 21.3 Å². The molecule has 1 fully saturated rings. The van der Waals surface area contributed by atoms with Crippen LogP contribution in [0, 0.1) is 0 Å². The Morgan fingerprint density at radius 3 is 1.95 bits per heavy atom. The van der Waals surface area contributed by atoms with Crippen molar-refractivity contribution in [3.8, 4) is 17.2 Å². The van der Waals surface area contributed by atoms with Gasteiger partial charge in [-0.2, -0.15) is 0 Å². The molecule has 0 radical (unpaired) electrons. The number of nitrogens with one attached hydrogen (secondary N) is 1. The van der Waals surface area contributed by atoms with Crippen LogP contribution < -0.4 is 25.3 Å². The summed E-state index contributed by atoms with van der Waals surface area (Å²) in [5.74, 6) is 2.16. The van der Waals surface area contributed by atoms with E-state index in [1.165, 1.54) is 0 Å². The standard InChI is InChI=1S/C14H22N2O3/c1-16-13(14(15)5-6-14)12-10(18-3)7-9(17-2)8-11(12)19-4/h7-8,13,16H,5-6,15H2,1-4H3. The third-order valence-electron chi connectivity index (χ3n) is 3.73. The molecular formula is C14H22N2O3. The molecule has 19 heavy (non-hydrogen) atoms. The molecule has 1 aliphatic rings. The first kappa shape index (κ1) is 14.0. The maximum atomic E-state index is 6.35. The minimum absolute atomic E-state index is 0.00306. The lowest BCUT2D eigenvalue weighted by Gasteiger charge is -2.27. The molecule has 0 heterocycles. The summed E-state index contributed by atoms with van der Waals surface area (Å²) in [7, 11) is 6.80. The van der Waals surface area contributed by atoms with E-state index in [4.69, 9.17) is 19.9 Å². The van der Waals surface area contributed by atoms with Crippen molar-refractivity contribution in [2.24, 2.45) is 5.73 Å². The van der Waals surface area contributed by atoms with E-state index >= 15 is 0 Å². The van der Waals surface area contributed by atoms with Gasteiger partial charge in [-0.15, -0.1) is 0 Å². The predicted molar refractivity (Wildman–Crippen MR) is 74.1 cm³/mol. The topological polar surface area (TPSA) is 65.7 Å². The van der Waals surface area contributed by atoms with Crippen molar-refractivity contribution < 1.29 is 14.2 Å². The number of ether oxygens (including phenoxy) is 3. The first-order chi connectivity index (χ1) is 9.09. The number of hydrogen-bond donors (Lipinski definition) is 2. The van der Waals surface area contributed by atoms with Gasteiger partial charge in [0, 0.05) is 17.7 Å². The largest absolute Gasteiger partial charge is 0.496 e. The van der Waals surface area contributed by atoms with Crippen molar-refractivity contribution in [1.29, 1.82) is 0 Å². The molecule has 1 aromatic carbocycles. The van der Waals surface area contributed by atoms with E-state index in [0.29, 0.717) is 5.75 Å². The average molecular weight is 266 g/mol. The average Bonchev–Trinajstić information content (AvgIpc) is 3.17. The molecule has 2 rings (SSSR count). The SMILES string of the molecule is CNC(c1c(OC)cc(OC)cc1OC)C1(N)CC1. The summed E-state index contributed by atoms with van der Waals surface area (Å²) in [6.45, 7) is 0. The number of hydrogen-bond acceptors (Lipinski definition) is 5. The molecular weight excluding hydrogens is 244 g/mol. The second-order valence-corrected chi connectivity index (χ2v) is 4.90. The lowest BCUT2D eigenvalue weighted by Crippen LogP contribution is -2.38. The van der Waals surface area contributed by atoms with E-state index in [-0.39, 0.29) is 11.6 Å². The van der Waals surface area contributed by atoms with Gasteiger partial charge in [-0.25, -0.2) is 0 Å². The first-order valence-corrected chi connectivity index (χ1v) is 6.35. The van der Waals surface area contributed by atoms with Crippen molar-refractivity contribution in [2.45, 2.75) is 24.4 Å². The van der Waals surface area contributed by atoms with Gasteiger partial charge < -0.3 is 25.3 Å². The van der Waals surface area contributed by atoms with Crippen LogP contribution in [0.4, 0.5) is 0 Å². The van der Waals surface area contributed by atoms with Crippen LogP contribution in [0.2, 0.25) is 0 Å². The van der Waals surface area contributed by atoms with Gasteiger partial charge in [-0.05, 0) is 19.9 Å². The van der Waals surface area contributed by atoms with E-state index in [1.807, 2.05) is 19.2 Å². The van der Waals surface area contributed by atoms with Crippen LogP contribution in [0.1, 0.15) is 24.4 Å². The molecule has 0 spiro atoms. The van der Waals surface area contributed by atoms with Crippen molar-refractivity contribution in [3.63, 3.8) is 0 Å². The summed E-state index contributed by atoms with van der Waals surface area (Å²) in [6, 6.07) is 3.71. The quantitative estimate of drug-likeness (QED) is 0.816. The Morgan fingerprint density at radius 2 is 1.63 bits per heavy atom. The van der Waals surface area contributed by atoms with Crippen LogP contribution in [0.5, 0.6) is 17.2 Å². The van der Waals surface area contributed by atoms with Gasteiger partial charge in [0.05, 0.1) is 32.9 Å². The molecule has 1 saturated carbocycles. The molecule has 5 nitrogen and oxygen atoms in total. The molecule has 1 unspecified atom stereocenters. The van der Waals surface area contributed by atoms with Crippen molar-refractivity contribution in [2.75, 3.05) is 28.4 Å². The van der Waals surface area contributed by atoms with Crippen LogP contribution in [0.3, 0.4) is 0 Å². The fraction of sp³-hybridized carbons (Fsp3) is 0.571. The second kappa shape index (κ2) is 5.27. The highest BCUT2D eigenvalue weighted by molar-refractivity contribution is 5.54. The Kier molecular flexibility index (Phi) is 3.87. The summed E-state index contributed by atoms with van der Waals surface area (Å²) < 4.78 is 16.2. The Balaban J connectivity index is 2.52. The maximum Gasteiger partial charge on any atom is 0.131 e. The van der Waals surface area contributed by atoms with E-state index in [0.717, 1.165) is 29.9 Å². The Bertz CT molecular complexity index is 433. The van der Waals surface area contributed by atoms with E-state index in [2.05, 4.69) is 5.32 Å². The first-order valence-electron chi connectivity index (χ1n) is 6.35. The molecule has 0 aliphatic heterocycles. The Morgan fingerprint density at radius 1 is 1.11 bits per heavy atom. The number of rotatable bonds is 6. The van der Waals surface area contributed by atoms with Crippen LogP contribution in [-0.2, 0) is 0 Å². The zero-order valence-corrected chi connectivity index (χ0v) is 11.9. The highest BCUT2D eigenvalue weighted by atomic mass is 16.5. The van der Waals surface area contributed by atoms with Gasteiger partial charge >= 0.3 is 0 Å². The zero-order valence-electron chi connectivity index (χ0n) is 11.9. The molecule has 1 aromatic rings. The number of likely N-dealkylation sites (N-methyl/N-ethyl adjacent to an activating group) is 1. The van der Waals surface area contributed by atoms with Crippen LogP contribution in [0.15, 0.2) is 12.1 Å². The smallest absolute Gasteiger partial charge is 0.131 e. The van der Waals surface area contributed by atoms with Crippen molar-refractivity contribution in [3.05, 3.63) is 17.7 Å². The van der Waals surface area contributed by atoms with Gasteiger partial charge in [0.15, 0.2) is 0 Å². The highest BCUT2D eigenvalue weighted by Gasteiger charge is 2.47. The molecule has 0 bridgehead atoms. The van der Waals surface area contributed by atoms with Crippen molar-refractivity contribution in [1.82, 2.24) is 5.32 Å². The van der Waals surface area contributed by atoms with Crippen LogP contribution >= 0.6 is 0 Å². The molecule has 3 N–H and O–H groups in total. The van der Waals surface area contributed by atoms with Gasteiger partial charge in [0.1, 0.15) is 17.2 Å². The number of methoxy groups -OCH3 is 3. The molecule has 0 saturated heterocycles. The lowest BCUT2D eigenvalue weighted by molar-refractivity contribution is 0.347. The fourth-order valence-corrected chi connectivity index (χ4v) is 2.47.